The number of benzene rings is 2. The number of ether oxygens (including phenoxy) is 2. The molecule has 0 amide bonds. The fraction of sp³-hybridized carbons (Fsp3) is 0.259. The molecule has 1 aliphatic rings. The summed E-state index contributed by atoms with van der Waals surface area (Å²) in [6.07, 6.45) is 7.21. The summed E-state index contributed by atoms with van der Waals surface area (Å²) in [4.78, 5) is 10.8. The van der Waals surface area contributed by atoms with Crippen LogP contribution in [-0.4, -0.2) is 54.1 Å². The first-order valence-electron chi connectivity index (χ1n) is 11.6. The van der Waals surface area contributed by atoms with E-state index in [-0.39, 0.29) is 42.3 Å². The van der Waals surface area contributed by atoms with Gasteiger partial charge in [-0.2, -0.15) is 0 Å². The van der Waals surface area contributed by atoms with Gasteiger partial charge >= 0.3 is 0 Å². The molecule has 188 valence electrons. The molecule has 1 aliphatic heterocycles. The minimum atomic E-state index is -0.0502. The van der Waals surface area contributed by atoms with E-state index in [0.717, 1.165) is 36.1 Å². The van der Waals surface area contributed by atoms with Crippen molar-refractivity contribution < 1.29 is 9.47 Å². The molecule has 0 radical (unpaired) electrons. The van der Waals surface area contributed by atoms with E-state index in [1.54, 1.807) is 25.4 Å². The largest absolute Gasteiger partial charge is 0.497 e. The van der Waals surface area contributed by atoms with Crippen molar-refractivity contribution in [2.45, 2.75) is 19.4 Å². The molecular weight excluding hydrogens is 567 g/mol. The Labute approximate surface area is 228 Å². The van der Waals surface area contributed by atoms with E-state index in [2.05, 4.69) is 27.0 Å². The number of nitrogens with two attached hydrogens (primary N) is 1. The molecule has 2 heterocycles. The molecular formula is C27H31IN6O2. The van der Waals surface area contributed by atoms with Gasteiger partial charge in [-0.3, -0.25) is 15.3 Å². The van der Waals surface area contributed by atoms with E-state index in [4.69, 9.17) is 26.0 Å². The van der Waals surface area contributed by atoms with E-state index in [1.807, 2.05) is 30.3 Å². The molecule has 4 N–H and O–H groups in total. The first kappa shape index (κ1) is 27.3. The minimum Gasteiger partial charge on any atom is -0.497 e. The van der Waals surface area contributed by atoms with E-state index in [1.165, 1.54) is 24.5 Å². The molecule has 0 saturated carbocycles. The highest BCUT2D eigenvalue weighted by Gasteiger charge is 2.11. The smallest absolute Gasteiger partial charge is 0.146 e. The summed E-state index contributed by atoms with van der Waals surface area (Å²) in [7, 11) is 1.61. The maximum absolute atomic E-state index is 8.29. The Morgan fingerprint density at radius 3 is 2.56 bits per heavy atom. The number of methoxy groups -OCH3 is 1. The zero-order valence-corrected chi connectivity index (χ0v) is 22.6. The number of hydrogen-bond acceptors (Lipinski definition) is 6. The van der Waals surface area contributed by atoms with Crippen LogP contribution in [-0.2, 0) is 6.54 Å². The third-order valence-corrected chi connectivity index (χ3v) is 5.83. The Hall–Kier alpha value is -3.31. The molecule has 36 heavy (non-hydrogen) atoms. The van der Waals surface area contributed by atoms with Crippen LogP contribution in [0.3, 0.4) is 0 Å². The molecule has 8 nitrogen and oxygen atoms in total. The van der Waals surface area contributed by atoms with E-state index in [0.29, 0.717) is 17.2 Å². The zero-order chi connectivity index (χ0) is 24.6. The van der Waals surface area contributed by atoms with Crippen LogP contribution in [0.25, 0.3) is 10.9 Å². The number of pyridine rings is 1. The molecule has 1 aromatic heterocycles. The highest BCUT2D eigenvalue weighted by Crippen LogP contribution is 2.27. The van der Waals surface area contributed by atoms with Crippen molar-refractivity contribution in [1.29, 1.82) is 10.8 Å². The lowest BCUT2D eigenvalue weighted by molar-refractivity contribution is 0.331. The van der Waals surface area contributed by atoms with Gasteiger partial charge in [-0.1, -0.05) is 24.3 Å². The molecule has 0 atom stereocenters. The number of nitrogens with zero attached hydrogens (tertiary/aromatic N) is 3. The maximum atomic E-state index is 8.29. The van der Waals surface area contributed by atoms with Gasteiger partial charge in [-0.25, -0.2) is 4.99 Å². The first-order chi connectivity index (χ1) is 17.0. The van der Waals surface area contributed by atoms with Gasteiger partial charge in [0.05, 0.1) is 18.3 Å². The third kappa shape index (κ3) is 7.34. The van der Waals surface area contributed by atoms with E-state index >= 15 is 0 Å². The lowest BCUT2D eigenvalue weighted by Gasteiger charge is -2.14. The number of aliphatic imine (C=N–C) groups is 1. The van der Waals surface area contributed by atoms with Crippen molar-refractivity contribution >= 4 is 52.3 Å². The molecule has 0 unspecified atom stereocenters. The van der Waals surface area contributed by atoms with Crippen molar-refractivity contribution in [2.24, 2.45) is 10.7 Å². The minimum absolute atomic E-state index is 0. The van der Waals surface area contributed by atoms with Crippen LogP contribution in [0.2, 0.25) is 0 Å². The van der Waals surface area contributed by atoms with Gasteiger partial charge in [0, 0.05) is 24.2 Å². The normalized spacial score (nSPS) is 14.1. The van der Waals surface area contributed by atoms with Crippen molar-refractivity contribution in [3.63, 3.8) is 0 Å². The SMILES string of the molecule is COc1ccc2c(OCC(N)=NC(=N)/C=C\C(=N)c3ccc(CN4CCCC4)cc3)ccnc2c1.I. The van der Waals surface area contributed by atoms with Crippen molar-refractivity contribution in [2.75, 3.05) is 26.8 Å². The summed E-state index contributed by atoms with van der Waals surface area (Å²) < 4.78 is 11.0. The maximum Gasteiger partial charge on any atom is 0.146 e. The molecule has 2 aromatic carbocycles. The Morgan fingerprint density at radius 2 is 1.83 bits per heavy atom. The van der Waals surface area contributed by atoms with Gasteiger partial charge in [0.15, 0.2) is 0 Å². The van der Waals surface area contributed by atoms with E-state index in [9.17, 15) is 0 Å². The molecule has 0 aliphatic carbocycles. The van der Waals surface area contributed by atoms with Gasteiger partial charge in [-0.05, 0) is 67.4 Å². The molecule has 3 aromatic rings. The quantitative estimate of drug-likeness (QED) is 0.186. The standard InChI is InChI=1S/C27H30N6O2.HI/c1-34-21-8-9-22-24(16-21)31-13-12-25(22)35-18-27(30)32-26(29)11-10-23(28)20-6-4-19(5-7-20)17-33-14-2-3-15-33;/h4-13,16,28H,2-3,14-15,17-18H2,1H3,(H3,29,30,32);1H/b11-10-,28-23?;. The molecule has 9 heteroatoms. The monoisotopic (exact) mass is 598 g/mol. The molecule has 1 fully saturated rings. The highest BCUT2D eigenvalue weighted by atomic mass is 127. The zero-order valence-electron chi connectivity index (χ0n) is 20.2. The number of aromatic nitrogens is 1. The molecule has 4 rings (SSSR count). The average molecular weight is 598 g/mol. The van der Waals surface area contributed by atoms with Crippen LogP contribution in [0.5, 0.6) is 11.5 Å². The Morgan fingerprint density at radius 1 is 1.08 bits per heavy atom. The lowest BCUT2D eigenvalue weighted by Crippen LogP contribution is -2.22. The van der Waals surface area contributed by atoms with Gasteiger partial charge in [0.25, 0.3) is 0 Å². The predicted molar refractivity (Wildman–Crippen MR) is 155 cm³/mol. The third-order valence-electron chi connectivity index (χ3n) is 5.83. The number of halogens is 1. The lowest BCUT2D eigenvalue weighted by atomic mass is 10.1. The average Bonchev–Trinajstić information content (AvgIpc) is 3.39. The fourth-order valence-corrected chi connectivity index (χ4v) is 3.98. The first-order valence-corrected chi connectivity index (χ1v) is 11.6. The molecule has 0 bridgehead atoms. The summed E-state index contributed by atoms with van der Waals surface area (Å²) in [5.74, 6) is 1.45. The number of nitrogens with one attached hydrogen (secondary N) is 2. The highest BCUT2D eigenvalue weighted by molar-refractivity contribution is 14.0. The number of fused-ring (bicyclic) bond motifs is 1. The Bertz CT molecular complexity index is 1270. The second-order valence-electron chi connectivity index (χ2n) is 8.40. The summed E-state index contributed by atoms with van der Waals surface area (Å²) in [5.41, 5.74) is 9.07. The van der Waals surface area contributed by atoms with E-state index < -0.39 is 0 Å². The van der Waals surface area contributed by atoms with Gasteiger partial charge in [-0.15, -0.1) is 24.0 Å². The second kappa shape index (κ2) is 13.1. The second-order valence-corrected chi connectivity index (χ2v) is 8.40. The Balaban J connectivity index is 0.00000361. The van der Waals surface area contributed by atoms with Gasteiger partial charge in [0.1, 0.15) is 29.8 Å². The van der Waals surface area contributed by atoms with Gasteiger partial charge in [0.2, 0.25) is 0 Å². The summed E-state index contributed by atoms with van der Waals surface area (Å²) in [6, 6.07) is 15.3. The van der Waals surface area contributed by atoms with Crippen LogP contribution >= 0.6 is 24.0 Å². The van der Waals surface area contributed by atoms with Crippen LogP contribution in [0.1, 0.15) is 24.0 Å². The number of hydrogen-bond donors (Lipinski definition) is 3. The predicted octanol–water partition coefficient (Wildman–Crippen LogP) is 4.79. The number of rotatable bonds is 9. The van der Waals surface area contributed by atoms with Crippen LogP contribution in [0, 0.1) is 10.8 Å². The molecule has 1 saturated heterocycles. The van der Waals surface area contributed by atoms with Crippen LogP contribution < -0.4 is 15.2 Å². The van der Waals surface area contributed by atoms with Crippen molar-refractivity contribution in [3.8, 4) is 11.5 Å². The van der Waals surface area contributed by atoms with Gasteiger partial charge < -0.3 is 20.6 Å². The van der Waals surface area contributed by atoms with Crippen LogP contribution in [0.15, 0.2) is 71.9 Å². The number of allylic oxidation sites excluding steroid dienone is 1. The summed E-state index contributed by atoms with van der Waals surface area (Å²) in [6.45, 7) is 3.29. The Kier molecular flexibility index (Phi) is 9.95. The molecule has 0 spiro atoms. The van der Waals surface area contributed by atoms with Crippen molar-refractivity contribution in [3.05, 3.63) is 78.0 Å². The summed E-state index contributed by atoms with van der Waals surface area (Å²) in [5, 5.41) is 17.2. The fourth-order valence-electron chi connectivity index (χ4n) is 3.98. The number of likely N-dealkylation sites (tertiary alicyclic amines) is 1. The van der Waals surface area contributed by atoms with Crippen LogP contribution in [0.4, 0.5) is 0 Å². The number of amidine groups is 2. The summed E-state index contributed by atoms with van der Waals surface area (Å²) >= 11 is 0. The van der Waals surface area contributed by atoms with Crippen molar-refractivity contribution in [1.82, 2.24) is 9.88 Å². The topological polar surface area (TPSA) is 121 Å².